The number of nitrogens with one attached hydrogen (secondary N) is 1. The lowest BCUT2D eigenvalue weighted by Gasteiger charge is -2.34. The van der Waals surface area contributed by atoms with Crippen molar-refractivity contribution in [3.8, 4) is 0 Å². The van der Waals surface area contributed by atoms with Gasteiger partial charge in [0.1, 0.15) is 13.0 Å². The van der Waals surface area contributed by atoms with Gasteiger partial charge in [0.15, 0.2) is 0 Å². The smallest absolute Gasteiger partial charge is 0.113 e. The van der Waals surface area contributed by atoms with Crippen LogP contribution in [0.1, 0.15) is 44.9 Å². The zero-order valence-electron chi connectivity index (χ0n) is 10.6. The van der Waals surface area contributed by atoms with Gasteiger partial charge in [0.05, 0.1) is 6.04 Å². The van der Waals surface area contributed by atoms with E-state index in [1.165, 1.54) is 44.9 Å². The monoisotopic (exact) mass is 236 g/mol. The molecule has 0 aromatic rings. The molecule has 0 unspecified atom stereocenters. The molecule has 1 saturated carbocycles. The lowest BCUT2D eigenvalue weighted by atomic mass is 9.95. The van der Waals surface area contributed by atoms with Crippen molar-refractivity contribution in [1.29, 1.82) is 0 Å². The first-order valence-electron chi connectivity index (χ1n) is 7.21. The average Bonchev–Trinajstić information content (AvgIpc) is 2.90. The molecular formula is C13H24N4. The van der Waals surface area contributed by atoms with E-state index < -0.39 is 0 Å². The van der Waals surface area contributed by atoms with Gasteiger partial charge in [-0.15, -0.1) is 0 Å². The molecule has 2 heterocycles. The van der Waals surface area contributed by atoms with Gasteiger partial charge in [-0.1, -0.05) is 19.3 Å². The number of rotatable bonds is 2. The van der Waals surface area contributed by atoms with Crippen LogP contribution < -0.4 is 5.32 Å². The molecule has 0 bridgehead atoms. The Hall–Kier alpha value is -0.770. The Morgan fingerprint density at radius 2 is 1.71 bits per heavy atom. The zero-order valence-corrected chi connectivity index (χ0v) is 10.6. The van der Waals surface area contributed by atoms with Gasteiger partial charge in [0.25, 0.3) is 0 Å². The number of hydrogen-bond donors (Lipinski definition) is 1. The normalized spacial score (nSPS) is 28.0. The number of hydrazone groups is 1. The first-order chi connectivity index (χ1) is 8.43. The van der Waals surface area contributed by atoms with Crippen LogP contribution in [0.2, 0.25) is 0 Å². The fourth-order valence-electron chi connectivity index (χ4n) is 3.31. The predicted molar refractivity (Wildman–Crippen MR) is 69.8 cm³/mol. The number of hydrogen-bond acceptors (Lipinski definition) is 4. The van der Waals surface area contributed by atoms with Crippen molar-refractivity contribution in [2.24, 2.45) is 5.10 Å². The summed E-state index contributed by atoms with van der Waals surface area (Å²) in [6, 6.07) is 1.43. The van der Waals surface area contributed by atoms with Crippen molar-refractivity contribution in [3.63, 3.8) is 0 Å². The summed E-state index contributed by atoms with van der Waals surface area (Å²) in [6.07, 6.45) is 11.6. The van der Waals surface area contributed by atoms with Crippen LogP contribution in [0, 0.1) is 0 Å². The van der Waals surface area contributed by atoms with Crippen LogP contribution >= 0.6 is 0 Å². The molecule has 2 aliphatic heterocycles. The summed E-state index contributed by atoms with van der Waals surface area (Å²) in [5, 5.41) is 10.4. The molecule has 96 valence electrons. The quantitative estimate of drug-likeness (QED) is 0.790. The molecule has 0 spiro atoms. The Labute approximate surface area is 104 Å². The van der Waals surface area contributed by atoms with E-state index in [0.717, 1.165) is 25.8 Å². The predicted octanol–water partition coefficient (Wildman–Crippen LogP) is 1.59. The van der Waals surface area contributed by atoms with Crippen LogP contribution in [0.3, 0.4) is 0 Å². The lowest BCUT2D eigenvalue weighted by Crippen LogP contribution is -2.44. The molecule has 0 aromatic carbocycles. The Bertz CT molecular complexity index is 241. The van der Waals surface area contributed by atoms with E-state index in [9.17, 15) is 0 Å². The maximum Gasteiger partial charge on any atom is 0.113 e. The fraction of sp³-hybridized carbons (Fsp3) is 0.923. The maximum atomic E-state index is 4.62. The van der Waals surface area contributed by atoms with E-state index in [-0.39, 0.29) is 0 Å². The van der Waals surface area contributed by atoms with Crippen molar-refractivity contribution in [2.45, 2.75) is 57.0 Å². The van der Waals surface area contributed by atoms with Crippen LogP contribution in [-0.2, 0) is 0 Å². The molecule has 4 heteroatoms. The van der Waals surface area contributed by atoms with Crippen LogP contribution in [0.25, 0.3) is 0 Å². The summed E-state index contributed by atoms with van der Waals surface area (Å²) in [7, 11) is 0. The summed E-state index contributed by atoms with van der Waals surface area (Å²) in [6.45, 7) is 3.34. The molecule has 0 amide bonds. The molecular weight excluding hydrogens is 212 g/mol. The van der Waals surface area contributed by atoms with Gasteiger partial charge in [0, 0.05) is 6.04 Å². The summed E-state index contributed by atoms with van der Waals surface area (Å²) >= 11 is 0. The van der Waals surface area contributed by atoms with E-state index >= 15 is 0 Å². The largest absolute Gasteiger partial charge is 0.339 e. The molecule has 3 rings (SSSR count). The highest BCUT2D eigenvalue weighted by Crippen LogP contribution is 2.25. The van der Waals surface area contributed by atoms with Crippen LogP contribution in [0.15, 0.2) is 5.10 Å². The van der Waals surface area contributed by atoms with Crippen molar-refractivity contribution < 1.29 is 0 Å². The third-order valence-electron chi connectivity index (χ3n) is 4.43. The second kappa shape index (κ2) is 5.25. The second-order valence-electron chi connectivity index (χ2n) is 5.60. The van der Waals surface area contributed by atoms with Crippen LogP contribution in [-0.4, -0.2) is 48.1 Å². The topological polar surface area (TPSA) is 30.9 Å². The Balaban J connectivity index is 1.52. The number of nitrogens with zero attached hydrogens (tertiary/aromatic N) is 3. The minimum absolute atomic E-state index is 0.668. The van der Waals surface area contributed by atoms with Gasteiger partial charge < -0.3 is 10.2 Å². The fourth-order valence-corrected chi connectivity index (χ4v) is 3.31. The highest BCUT2D eigenvalue weighted by molar-refractivity contribution is 5.56. The molecule has 0 radical (unpaired) electrons. The third-order valence-corrected chi connectivity index (χ3v) is 4.43. The van der Waals surface area contributed by atoms with Gasteiger partial charge in [-0.3, -0.25) is 5.01 Å². The number of piperidine rings is 1. The first-order valence-corrected chi connectivity index (χ1v) is 7.21. The van der Waals surface area contributed by atoms with Crippen molar-refractivity contribution >= 4 is 6.34 Å². The standard InChI is InChI=1S/C13H24N4/c1-2-4-12(5-3-1)16-10-15-17(11-16)13-6-8-14-9-7-13/h10,12-14H,1-9,11H2. The summed E-state index contributed by atoms with van der Waals surface area (Å²) in [5.41, 5.74) is 0. The Kier molecular flexibility index (Phi) is 3.50. The zero-order chi connectivity index (χ0) is 11.5. The SMILES string of the molecule is C1=NN(C2CCNCC2)CN1C1CCCCC1. The highest BCUT2D eigenvalue weighted by Gasteiger charge is 2.28. The third kappa shape index (κ3) is 2.57. The van der Waals surface area contributed by atoms with Crippen LogP contribution in [0.5, 0.6) is 0 Å². The van der Waals surface area contributed by atoms with Crippen molar-refractivity contribution in [3.05, 3.63) is 0 Å². The van der Waals surface area contributed by atoms with E-state index in [0.29, 0.717) is 6.04 Å². The van der Waals surface area contributed by atoms with Crippen molar-refractivity contribution in [2.75, 3.05) is 19.8 Å². The Morgan fingerprint density at radius 1 is 0.941 bits per heavy atom. The van der Waals surface area contributed by atoms with E-state index in [1.807, 2.05) is 0 Å². The van der Waals surface area contributed by atoms with Gasteiger partial charge in [-0.05, 0) is 38.8 Å². The van der Waals surface area contributed by atoms with E-state index in [4.69, 9.17) is 0 Å². The van der Waals surface area contributed by atoms with Crippen molar-refractivity contribution in [1.82, 2.24) is 15.2 Å². The van der Waals surface area contributed by atoms with E-state index in [2.05, 4.69) is 26.7 Å². The molecule has 0 atom stereocenters. The van der Waals surface area contributed by atoms with Gasteiger partial charge in [0.2, 0.25) is 0 Å². The second-order valence-corrected chi connectivity index (χ2v) is 5.60. The summed E-state index contributed by atoms with van der Waals surface area (Å²) < 4.78 is 0. The first kappa shape index (κ1) is 11.3. The van der Waals surface area contributed by atoms with Crippen LogP contribution in [0.4, 0.5) is 0 Å². The summed E-state index contributed by atoms with van der Waals surface area (Å²) in [5.74, 6) is 0. The van der Waals surface area contributed by atoms with Gasteiger partial charge in [-0.25, -0.2) is 0 Å². The molecule has 4 nitrogen and oxygen atoms in total. The molecule has 3 aliphatic rings. The lowest BCUT2D eigenvalue weighted by molar-refractivity contribution is 0.118. The minimum Gasteiger partial charge on any atom is -0.339 e. The summed E-state index contributed by atoms with van der Waals surface area (Å²) in [4.78, 5) is 2.47. The molecule has 1 N–H and O–H groups in total. The van der Waals surface area contributed by atoms with E-state index in [1.54, 1.807) is 0 Å². The molecule has 0 aromatic heterocycles. The minimum atomic E-state index is 0.668. The van der Waals surface area contributed by atoms with Gasteiger partial charge >= 0.3 is 0 Å². The van der Waals surface area contributed by atoms with Gasteiger partial charge in [-0.2, -0.15) is 5.10 Å². The maximum absolute atomic E-state index is 4.62. The average molecular weight is 236 g/mol. The highest BCUT2D eigenvalue weighted by atomic mass is 15.6. The Morgan fingerprint density at radius 3 is 2.47 bits per heavy atom. The molecule has 2 fully saturated rings. The molecule has 17 heavy (non-hydrogen) atoms. The molecule has 1 saturated heterocycles. The molecule has 1 aliphatic carbocycles.